The van der Waals surface area contributed by atoms with E-state index in [4.69, 9.17) is 0 Å². The number of H-pyrrole nitrogens is 1. The molecule has 2 rings (SSSR count). The number of nitrogens with one attached hydrogen (secondary N) is 1. The molecule has 82 valence electrons. The van der Waals surface area contributed by atoms with Crippen LogP contribution in [-0.2, 0) is 0 Å². The Morgan fingerprint density at radius 3 is 2.56 bits per heavy atom. The third kappa shape index (κ3) is 1.74. The average Bonchev–Trinajstić information content (AvgIpc) is 2.26. The summed E-state index contributed by atoms with van der Waals surface area (Å²) in [5.74, 6) is -0.125. The number of benzene rings is 1. The number of rotatable bonds is 1. The molecule has 0 unspecified atom stereocenters. The van der Waals surface area contributed by atoms with Crippen molar-refractivity contribution in [3.63, 3.8) is 0 Å². The van der Waals surface area contributed by atoms with Gasteiger partial charge >= 0.3 is 0 Å². The Bertz CT molecular complexity index is 590. The summed E-state index contributed by atoms with van der Waals surface area (Å²) in [6, 6.07) is 6.22. The predicted octanol–water partition coefficient (Wildman–Crippen LogP) is 2.19. The van der Waals surface area contributed by atoms with E-state index in [1.807, 2.05) is 0 Å². The molecular formula is C12H11FN2O. The maximum Gasteiger partial charge on any atom is 0.254 e. The summed E-state index contributed by atoms with van der Waals surface area (Å²) in [6.07, 6.45) is 0. The van der Waals surface area contributed by atoms with E-state index in [2.05, 4.69) is 9.97 Å². The monoisotopic (exact) mass is 218 g/mol. The van der Waals surface area contributed by atoms with Crippen molar-refractivity contribution in [1.82, 2.24) is 9.97 Å². The van der Waals surface area contributed by atoms with Gasteiger partial charge in [0.25, 0.3) is 5.56 Å². The third-order valence-electron chi connectivity index (χ3n) is 2.52. The lowest BCUT2D eigenvalue weighted by molar-refractivity contribution is 0.629. The summed E-state index contributed by atoms with van der Waals surface area (Å²) in [5.41, 5.74) is 1.25. The van der Waals surface area contributed by atoms with E-state index >= 15 is 0 Å². The van der Waals surface area contributed by atoms with Crippen molar-refractivity contribution in [1.29, 1.82) is 0 Å². The fraction of sp³-hybridized carbons (Fsp3) is 0.167. The van der Waals surface area contributed by atoms with E-state index in [-0.39, 0.29) is 11.4 Å². The molecule has 0 bridgehead atoms. The van der Waals surface area contributed by atoms with Gasteiger partial charge in [-0.3, -0.25) is 4.79 Å². The van der Waals surface area contributed by atoms with Gasteiger partial charge in [0.2, 0.25) is 0 Å². The minimum atomic E-state index is -0.395. The van der Waals surface area contributed by atoms with Gasteiger partial charge in [-0.05, 0) is 26.0 Å². The van der Waals surface area contributed by atoms with Crippen molar-refractivity contribution in [3.05, 3.63) is 51.7 Å². The molecule has 0 aliphatic carbocycles. The number of hydrogen-bond acceptors (Lipinski definition) is 2. The van der Waals surface area contributed by atoms with E-state index in [0.717, 1.165) is 0 Å². The van der Waals surface area contributed by atoms with Crippen LogP contribution in [0.15, 0.2) is 29.1 Å². The van der Waals surface area contributed by atoms with E-state index in [9.17, 15) is 9.18 Å². The minimum Gasteiger partial charge on any atom is -0.306 e. The van der Waals surface area contributed by atoms with Crippen LogP contribution in [0, 0.1) is 19.7 Å². The molecule has 0 aliphatic rings. The molecule has 0 saturated heterocycles. The number of halogens is 1. The van der Waals surface area contributed by atoms with Gasteiger partial charge in [-0.25, -0.2) is 9.37 Å². The van der Waals surface area contributed by atoms with Crippen molar-refractivity contribution < 1.29 is 4.39 Å². The summed E-state index contributed by atoms with van der Waals surface area (Å²) >= 11 is 0. The second-order valence-electron chi connectivity index (χ2n) is 3.60. The average molecular weight is 218 g/mol. The second kappa shape index (κ2) is 3.89. The molecule has 3 nitrogen and oxygen atoms in total. The first-order valence-corrected chi connectivity index (χ1v) is 4.92. The minimum absolute atomic E-state index is 0.231. The highest BCUT2D eigenvalue weighted by atomic mass is 19.1. The fourth-order valence-corrected chi connectivity index (χ4v) is 1.43. The zero-order valence-corrected chi connectivity index (χ0v) is 9.04. The van der Waals surface area contributed by atoms with Crippen LogP contribution in [0.25, 0.3) is 11.4 Å². The number of aromatic nitrogens is 2. The van der Waals surface area contributed by atoms with Crippen molar-refractivity contribution in [2.75, 3.05) is 0 Å². The van der Waals surface area contributed by atoms with Crippen LogP contribution in [-0.4, -0.2) is 9.97 Å². The van der Waals surface area contributed by atoms with Gasteiger partial charge in [-0.2, -0.15) is 0 Å². The molecule has 0 atom stereocenters. The van der Waals surface area contributed by atoms with Gasteiger partial charge in [0.05, 0.1) is 5.56 Å². The Labute approximate surface area is 92.0 Å². The maximum atomic E-state index is 13.5. The maximum absolute atomic E-state index is 13.5. The summed E-state index contributed by atoms with van der Waals surface area (Å²) in [7, 11) is 0. The van der Waals surface area contributed by atoms with E-state index in [1.165, 1.54) is 6.07 Å². The summed E-state index contributed by atoms with van der Waals surface area (Å²) in [6.45, 7) is 3.42. The van der Waals surface area contributed by atoms with Gasteiger partial charge in [-0.15, -0.1) is 0 Å². The summed E-state index contributed by atoms with van der Waals surface area (Å²) in [5, 5.41) is 0. The van der Waals surface area contributed by atoms with Crippen LogP contribution >= 0.6 is 0 Å². The number of hydrogen-bond donors (Lipinski definition) is 1. The molecule has 1 N–H and O–H groups in total. The molecule has 0 radical (unpaired) electrons. The molecule has 0 aliphatic heterocycles. The lowest BCUT2D eigenvalue weighted by atomic mass is 10.2. The van der Waals surface area contributed by atoms with Crippen LogP contribution in [0.1, 0.15) is 11.3 Å². The highest BCUT2D eigenvalue weighted by Gasteiger charge is 2.09. The highest BCUT2D eigenvalue weighted by molar-refractivity contribution is 5.55. The van der Waals surface area contributed by atoms with E-state index < -0.39 is 5.82 Å². The molecule has 2 aromatic rings. The molecule has 16 heavy (non-hydrogen) atoms. The first kappa shape index (κ1) is 10.5. The first-order valence-electron chi connectivity index (χ1n) is 4.92. The van der Waals surface area contributed by atoms with Crippen LogP contribution < -0.4 is 5.56 Å². The van der Waals surface area contributed by atoms with Gasteiger partial charge in [0.15, 0.2) is 0 Å². The van der Waals surface area contributed by atoms with Crippen molar-refractivity contribution in [2.45, 2.75) is 13.8 Å². The molecule has 0 saturated carbocycles. The highest BCUT2D eigenvalue weighted by Crippen LogP contribution is 2.17. The Morgan fingerprint density at radius 1 is 1.25 bits per heavy atom. The molecule has 1 heterocycles. The molecule has 1 aromatic carbocycles. The van der Waals surface area contributed by atoms with Crippen molar-refractivity contribution in [3.8, 4) is 11.4 Å². The zero-order chi connectivity index (χ0) is 11.7. The van der Waals surface area contributed by atoms with Crippen molar-refractivity contribution >= 4 is 0 Å². The quantitative estimate of drug-likeness (QED) is 0.797. The SMILES string of the molecule is Cc1nc(-c2ccccc2F)[nH]c(=O)c1C. The Kier molecular flexibility index (Phi) is 2.56. The lowest BCUT2D eigenvalue weighted by Gasteiger charge is -2.04. The molecule has 1 aromatic heterocycles. The molecule has 0 amide bonds. The molecule has 0 spiro atoms. The lowest BCUT2D eigenvalue weighted by Crippen LogP contribution is -2.14. The summed E-state index contributed by atoms with van der Waals surface area (Å²) < 4.78 is 13.5. The number of nitrogens with zero attached hydrogens (tertiary/aromatic N) is 1. The zero-order valence-electron chi connectivity index (χ0n) is 9.04. The molecule has 4 heteroatoms. The van der Waals surface area contributed by atoms with Gasteiger partial charge in [0.1, 0.15) is 11.6 Å². The normalized spacial score (nSPS) is 10.4. The first-order chi connectivity index (χ1) is 7.59. The predicted molar refractivity (Wildman–Crippen MR) is 59.7 cm³/mol. The smallest absolute Gasteiger partial charge is 0.254 e. The summed E-state index contributed by atoms with van der Waals surface area (Å²) in [4.78, 5) is 18.3. The van der Waals surface area contributed by atoms with E-state index in [0.29, 0.717) is 16.8 Å². The number of aryl methyl sites for hydroxylation is 1. The standard InChI is InChI=1S/C12H11FN2O/c1-7-8(2)14-11(15-12(7)16)9-5-3-4-6-10(9)13/h3-6H,1-2H3,(H,14,15,16). The number of aromatic amines is 1. The third-order valence-corrected chi connectivity index (χ3v) is 2.52. The van der Waals surface area contributed by atoms with Crippen LogP contribution in [0.5, 0.6) is 0 Å². The Hall–Kier alpha value is -1.97. The second-order valence-corrected chi connectivity index (χ2v) is 3.60. The van der Waals surface area contributed by atoms with Gasteiger partial charge in [-0.1, -0.05) is 12.1 Å². The Morgan fingerprint density at radius 2 is 1.94 bits per heavy atom. The Balaban J connectivity index is 2.67. The molecular weight excluding hydrogens is 207 g/mol. The van der Waals surface area contributed by atoms with Gasteiger partial charge in [0, 0.05) is 11.3 Å². The van der Waals surface area contributed by atoms with E-state index in [1.54, 1.807) is 32.0 Å². The topological polar surface area (TPSA) is 45.8 Å². The fourth-order valence-electron chi connectivity index (χ4n) is 1.43. The van der Waals surface area contributed by atoms with Crippen molar-refractivity contribution in [2.24, 2.45) is 0 Å². The van der Waals surface area contributed by atoms with Crippen LogP contribution in [0.3, 0.4) is 0 Å². The van der Waals surface area contributed by atoms with Crippen LogP contribution in [0.2, 0.25) is 0 Å². The van der Waals surface area contributed by atoms with Gasteiger partial charge < -0.3 is 4.98 Å². The van der Waals surface area contributed by atoms with Crippen LogP contribution in [0.4, 0.5) is 4.39 Å². The largest absolute Gasteiger partial charge is 0.306 e. The molecule has 0 fully saturated rings.